The van der Waals surface area contributed by atoms with Gasteiger partial charge in [0.1, 0.15) is 11.5 Å². The van der Waals surface area contributed by atoms with Gasteiger partial charge in [-0.1, -0.05) is 13.8 Å². The van der Waals surface area contributed by atoms with Crippen LogP contribution in [0.3, 0.4) is 0 Å². The van der Waals surface area contributed by atoms with Crippen molar-refractivity contribution < 1.29 is 4.79 Å². The van der Waals surface area contributed by atoms with E-state index in [1.165, 1.54) is 12.8 Å². The highest BCUT2D eigenvalue weighted by atomic mass is 16.2. The van der Waals surface area contributed by atoms with Gasteiger partial charge in [0.2, 0.25) is 0 Å². The fraction of sp³-hybridized carbons (Fsp3) is 0.643. The molecule has 0 atom stereocenters. The summed E-state index contributed by atoms with van der Waals surface area (Å²) in [7, 11) is 0. The van der Waals surface area contributed by atoms with Crippen LogP contribution < -0.4 is 5.32 Å². The van der Waals surface area contributed by atoms with Crippen molar-refractivity contribution in [3.05, 3.63) is 18.1 Å². The van der Waals surface area contributed by atoms with Crippen LogP contribution in [0.1, 0.15) is 50.0 Å². The summed E-state index contributed by atoms with van der Waals surface area (Å²) in [5.41, 5.74) is 0.434. The van der Waals surface area contributed by atoms with E-state index in [0.717, 1.165) is 31.7 Å². The van der Waals surface area contributed by atoms with Gasteiger partial charge in [0.05, 0.1) is 12.4 Å². The normalized spacial score (nSPS) is 14.2. The predicted molar refractivity (Wildman–Crippen MR) is 75.2 cm³/mol. The van der Waals surface area contributed by atoms with E-state index < -0.39 is 0 Å². The molecule has 0 spiro atoms. The summed E-state index contributed by atoms with van der Waals surface area (Å²) in [4.78, 5) is 22.6. The molecule has 0 unspecified atom stereocenters. The first-order chi connectivity index (χ1) is 9.24. The van der Waals surface area contributed by atoms with Gasteiger partial charge in [-0.05, 0) is 25.7 Å². The van der Waals surface area contributed by atoms with Gasteiger partial charge in [-0.25, -0.2) is 9.97 Å². The topological polar surface area (TPSA) is 58.1 Å². The number of amides is 1. The molecule has 5 nitrogen and oxygen atoms in total. The Morgan fingerprint density at radius 1 is 1.26 bits per heavy atom. The number of aromatic nitrogens is 2. The second-order valence-electron chi connectivity index (χ2n) is 5.00. The van der Waals surface area contributed by atoms with E-state index >= 15 is 0 Å². The molecule has 0 radical (unpaired) electrons. The molecule has 1 N–H and O–H groups in total. The highest BCUT2D eigenvalue weighted by molar-refractivity contribution is 5.92. The standard InChI is InChI=1S/C14H22N4O/c1-3-7-18(8-4-2)14(19)12-9-16-13(10-15-12)17-11-5-6-11/h9-11H,3-8H2,1-2H3,(H,16,17). The molecule has 104 valence electrons. The number of carbonyl (C=O) groups excluding carboxylic acids is 1. The van der Waals surface area contributed by atoms with Crippen LogP contribution in [0.25, 0.3) is 0 Å². The molecule has 0 bridgehead atoms. The Hall–Kier alpha value is -1.65. The molecule has 1 amide bonds. The summed E-state index contributed by atoms with van der Waals surface area (Å²) in [5.74, 6) is 0.741. The molecule has 1 aromatic heterocycles. The highest BCUT2D eigenvalue weighted by Gasteiger charge is 2.22. The zero-order chi connectivity index (χ0) is 13.7. The Balaban J connectivity index is 1.99. The molecule has 1 aromatic rings. The van der Waals surface area contributed by atoms with E-state index in [0.29, 0.717) is 11.7 Å². The third-order valence-electron chi connectivity index (χ3n) is 3.07. The van der Waals surface area contributed by atoms with Crippen molar-refractivity contribution in [3.8, 4) is 0 Å². The quantitative estimate of drug-likeness (QED) is 0.819. The maximum Gasteiger partial charge on any atom is 0.274 e. The van der Waals surface area contributed by atoms with Gasteiger partial charge in [-0.15, -0.1) is 0 Å². The summed E-state index contributed by atoms with van der Waals surface area (Å²) in [6.07, 6.45) is 7.54. The van der Waals surface area contributed by atoms with Gasteiger partial charge >= 0.3 is 0 Å². The van der Waals surface area contributed by atoms with E-state index in [4.69, 9.17) is 0 Å². The van der Waals surface area contributed by atoms with Crippen molar-refractivity contribution in [1.29, 1.82) is 0 Å². The summed E-state index contributed by atoms with van der Waals surface area (Å²) < 4.78 is 0. The van der Waals surface area contributed by atoms with Crippen molar-refractivity contribution in [2.75, 3.05) is 18.4 Å². The van der Waals surface area contributed by atoms with Crippen LogP contribution in [0.2, 0.25) is 0 Å². The van der Waals surface area contributed by atoms with Crippen LogP contribution in [-0.4, -0.2) is 39.9 Å². The Bertz CT molecular complexity index is 408. The first-order valence-corrected chi connectivity index (χ1v) is 7.12. The molecule has 1 saturated carbocycles. The molecule has 0 saturated heterocycles. The molecule has 1 aliphatic carbocycles. The Labute approximate surface area is 114 Å². The fourth-order valence-electron chi connectivity index (χ4n) is 1.97. The Morgan fingerprint density at radius 3 is 2.42 bits per heavy atom. The molecular formula is C14H22N4O. The van der Waals surface area contributed by atoms with Crippen molar-refractivity contribution in [2.45, 2.75) is 45.6 Å². The SMILES string of the molecule is CCCN(CCC)C(=O)c1cnc(NC2CC2)cn1. The Morgan fingerprint density at radius 2 is 1.95 bits per heavy atom. The molecule has 2 rings (SSSR count). The maximum absolute atomic E-state index is 12.3. The van der Waals surface area contributed by atoms with Crippen LogP contribution >= 0.6 is 0 Å². The minimum atomic E-state index is -0.0193. The average molecular weight is 262 g/mol. The molecule has 19 heavy (non-hydrogen) atoms. The van der Waals surface area contributed by atoms with Crippen LogP contribution in [-0.2, 0) is 0 Å². The van der Waals surface area contributed by atoms with Gasteiger partial charge in [-0.3, -0.25) is 4.79 Å². The maximum atomic E-state index is 12.3. The molecule has 5 heteroatoms. The summed E-state index contributed by atoms with van der Waals surface area (Å²) in [6, 6.07) is 0.549. The zero-order valence-corrected chi connectivity index (χ0v) is 11.7. The number of nitrogens with one attached hydrogen (secondary N) is 1. The Kier molecular flexibility index (Phi) is 4.71. The largest absolute Gasteiger partial charge is 0.366 e. The molecule has 1 fully saturated rings. The van der Waals surface area contributed by atoms with Gasteiger partial charge in [-0.2, -0.15) is 0 Å². The van der Waals surface area contributed by atoms with E-state index in [2.05, 4.69) is 29.1 Å². The summed E-state index contributed by atoms with van der Waals surface area (Å²) in [5, 5.41) is 3.26. The van der Waals surface area contributed by atoms with E-state index in [1.54, 1.807) is 12.4 Å². The van der Waals surface area contributed by atoms with E-state index in [1.807, 2.05) is 4.90 Å². The van der Waals surface area contributed by atoms with Crippen LogP contribution in [0, 0.1) is 0 Å². The number of carbonyl (C=O) groups is 1. The lowest BCUT2D eigenvalue weighted by atomic mass is 10.3. The predicted octanol–water partition coefficient (Wildman–Crippen LogP) is 2.31. The van der Waals surface area contributed by atoms with E-state index in [9.17, 15) is 4.79 Å². The average Bonchev–Trinajstić information content (AvgIpc) is 3.23. The van der Waals surface area contributed by atoms with E-state index in [-0.39, 0.29) is 5.91 Å². The monoisotopic (exact) mass is 262 g/mol. The fourth-order valence-corrected chi connectivity index (χ4v) is 1.97. The third-order valence-corrected chi connectivity index (χ3v) is 3.07. The van der Waals surface area contributed by atoms with Crippen molar-refractivity contribution >= 4 is 11.7 Å². The minimum Gasteiger partial charge on any atom is -0.366 e. The second kappa shape index (κ2) is 6.50. The molecule has 1 heterocycles. The number of hydrogen-bond acceptors (Lipinski definition) is 4. The first kappa shape index (κ1) is 13.8. The first-order valence-electron chi connectivity index (χ1n) is 7.12. The van der Waals surface area contributed by atoms with Gasteiger partial charge in [0.15, 0.2) is 0 Å². The smallest absolute Gasteiger partial charge is 0.274 e. The summed E-state index contributed by atoms with van der Waals surface area (Å²) in [6.45, 7) is 5.70. The number of nitrogens with zero attached hydrogens (tertiary/aromatic N) is 3. The molecule has 0 aromatic carbocycles. The molecule has 1 aliphatic rings. The van der Waals surface area contributed by atoms with Gasteiger partial charge in [0.25, 0.3) is 5.91 Å². The third kappa shape index (κ3) is 3.91. The lowest BCUT2D eigenvalue weighted by molar-refractivity contribution is 0.0749. The van der Waals surface area contributed by atoms with Gasteiger partial charge in [0, 0.05) is 19.1 Å². The minimum absolute atomic E-state index is 0.0193. The number of hydrogen-bond donors (Lipinski definition) is 1. The highest BCUT2D eigenvalue weighted by Crippen LogP contribution is 2.23. The zero-order valence-electron chi connectivity index (χ0n) is 11.7. The van der Waals surface area contributed by atoms with Crippen LogP contribution in [0.5, 0.6) is 0 Å². The lowest BCUT2D eigenvalue weighted by Gasteiger charge is -2.20. The van der Waals surface area contributed by atoms with Crippen LogP contribution in [0.4, 0.5) is 5.82 Å². The lowest BCUT2D eigenvalue weighted by Crippen LogP contribution is -2.33. The number of anilines is 1. The van der Waals surface area contributed by atoms with Gasteiger partial charge < -0.3 is 10.2 Å². The van der Waals surface area contributed by atoms with Crippen LogP contribution in [0.15, 0.2) is 12.4 Å². The van der Waals surface area contributed by atoms with Crippen molar-refractivity contribution in [1.82, 2.24) is 14.9 Å². The molecule has 0 aliphatic heterocycles. The van der Waals surface area contributed by atoms with Crippen molar-refractivity contribution in [2.24, 2.45) is 0 Å². The number of rotatable bonds is 7. The summed E-state index contributed by atoms with van der Waals surface area (Å²) >= 11 is 0. The molecular weight excluding hydrogens is 240 g/mol. The second-order valence-corrected chi connectivity index (χ2v) is 5.00. The van der Waals surface area contributed by atoms with Crippen molar-refractivity contribution in [3.63, 3.8) is 0 Å².